The first-order valence-corrected chi connectivity index (χ1v) is 5.88. The van der Waals surface area contributed by atoms with E-state index in [2.05, 4.69) is 0 Å². The topological polar surface area (TPSA) is 91.1 Å². The van der Waals surface area contributed by atoms with Gasteiger partial charge in [0, 0.05) is 13.5 Å². The van der Waals surface area contributed by atoms with Crippen LogP contribution in [-0.4, -0.2) is 44.4 Å². The normalized spacial score (nSPS) is 11.6. The van der Waals surface area contributed by atoms with E-state index in [1.807, 2.05) is 0 Å². The molecule has 0 radical (unpaired) electrons. The molecule has 0 aromatic heterocycles. The first-order valence-electron chi connectivity index (χ1n) is 5.88. The Morgan fingerprint density at radius 1 is 1.25 bits per heavy atom. The summed E-state index contributed by atoms with van der Waals surface area (Å²) in [5.41, 5.74) is 5.78. The summed E-state index contributed by atoms with van der Waals surface area (Å²) < 4.78 is 9.87. The Morgan fingerprint density at radius 3 is 2.30 bits per heavy atom. The van der Waals surface area contributed by atoms with Crippen LogP contribution in [0, 0.1) is 0 Å². The number of amides is 2. The van der Waals surface area contributed by atoms with E-state index in [-0.39, 0.29) is 6.42 Å². The maximum absolute atomic E-state index is 12.0. The summed E-state index contributed by atoms with van der Waals surface area (Å²) in [6, 6.07) is 7.05. The van der Waals surface area contributed by atoms with Gasteiger partial charge in [0.25, 0.3) is 5.91 Å². The molecule has 20 heavy (non-hydrogen) atoms. The molecule has 0 saturated heterocycles. The molecule has 1 atom stereocenters. The molecule has 1 rings (SSSR count). The van der Waals surface area contributed by atoms with Gasteiger partial charge in [-0.15, -0.1) is 0 Å². The molecular formula is C13H18N2O5. The second-order valence-electron chi connectivity index (χ2n) is 4.00. The standard InChI is InChI=1S/C13H18N2O5/c1-15(19-3)12(16)11(20-13(14)17)8-9-4-6-10(18-2)7-5-9/h4-7,11H,8H2,1-3H3,(H2,14,17)/t11-/m0/s1. The van der Waals surface area contributed by atoms with Crippen LogP contribution in [0.5, 0.6) is 5.75 Å². The molecule has 0 heterocycles. The van der Waals surface area contributed by atoms with Gasteiger partial charge in [-0.25, -0.2) is 9.86 Å². The number of primary amides is 1. The summed E-state index contributed by atoms with van der Waals surface area (Å²) in [5.74, 6) is 0.198. The van der Waals surface area contributed by atoms with Gasteiger partial charge in [0.1, 0.15) is 5.75 Å². The van der Waals surface area contributed by atoms with Crippen molar-refractivity contribution in [3.05, 3.63) is 29.8 Å². The molecule has 0 bridgehead atoms. The van der Waals surface area contributed by atoms with E-state index in [4.69, 9.17) is 20.0 Å². The van der Waals surface area contributed by atoms with Crippen molar-refractivity contribution in [2.24, 2.45) is 5.73 Å². The van der Waals surface area contributed by atoms with Gasteiger partial charge in [0.05, 0.1) is 14.2 Å². The predicted octanol–water partition coefficient (Wildman–Crippen LogP) is 0.721. The number of hydrogen-bond donors (Lipinski definition) is 1. The average molecular weight is 282 g/mol. The fourth-order valence-corrected chi connectivity index (χ4v) is 1.59. The Morgan fingerprint density at radius 2 is 1.85 bits per heavy atom. The summed E-state index contributed by atoms with van der Waals surface area (Å²) in [6.07, 6.45) is -1.85. The van der Waals surface area contributed by atoms with Gasteiger partial charge in [-0.1, -0.05) is 12.1 Å². The highest BCUT2D eigenvalue weighted by Gasteiger charge is 2.26. The molecule has 0 unspecified atom stereocenters. The highest BCUT2D eigenvalue weighted by atomic mass is 16.7. The zero-order chi connectivity index (χ0) is 15.1. The van der Waals surface area contributed by atoms with Crippen LogP contribution in [0.3, 0.4) is 0 Å². The molecule has 0 aliphatic heterocycles. The molecule has 7 nitrogen and oxygen atoms in total. The van der Waals surface area contributed by atoms with Crippen molar-refractivity contribution in [1.82, 2.24) is 5.06 Å². The number of carbonyl (C=O) groups excluding carboxylic acids is 2. The summed E-state index contributed by atoms with van der Waals surface area (Å²) >= 11 is 0. The lowest BCUT2D eigenvalue weighted by molar-refractivity contribution is -0.177. The van der Waals surface area contributed by atoms with E-state index >= 15 is 0 Å². The minimum absolute atomic E-state index is 0.194. The molecule has 0 saturated carbocycles. The average Bonchev–Trinajstić information content (AvgIpc) is 2.45. The van der Waals surface area contributed by atoms with Crippen LogP contribution in [0.4, 0.5) is 4.79 Å². The van der Waals surface area contributed by atoms with Crippen molar-refractivity contribution in [1.29, 1.82) is 0 Å². The zero-order valence-corrected chi connectivity index (χ0v) is 11.7. The third-order valence-electron chi connectivity index (χ3n) is 2.70. The fourth-order valence-electron chi connectivity index (χ4n) is 1.59. The Kier molecular flexibility index (Phi) is 5.79. The molecule has 0 spiro atoms. The van der Waals surface area contributed by atoms with E-state index in [0.29, 0.717) is 5.75 Å². The van der Waals surface area contributed by atoms with Crippen LogP contribution >= 0.6 is 0 Å². The number of hydroxylamine groups is 2. The maximum Gasteiger partial charge on any atom is 0.405 e. The number of nitrogens with two attached hydrogens (primary N) is 1. The van der Waals surface area contributed by atoms with E-state index in [0.717, 1.165) is 10.6 Å². The van der Waals surface area contributed by atoms with Crippen molar-refractivity contribution in [3.8, 4) is 5.75 Å². The quantitative estimate of drug-likeness (QED) is 0.776. The molecule has 1 aromatic carbocycles. The molecule has 0 fully saturated rings. The van der Waals surface area contributed by atoms with Crippen LogP contribution in [0.1, 0.15) is 5.56 Å². The molecule has 0 aliphatic rings. The van der Waals surface area contributed by atoms with Crippen molar-refractivity contribution in [2.45, 2.75) is 12.5 Å². The van der Waals surface area contributed by atoms with Gasteiger partial charge in [-0.3, -0.25) is 9.63 Å². The fraction of sp³-hybridized carbons (Fsp3) is 0.385. The number of ether oxygens (including phenoxy) is 2. The van der Waals surface area contributed by atoms with E-state index in [9.17, 15) is 9.59 Å². The molecule has 7 heteroatoms. The summed E-state index contributed by atoms with van der Waals surface area (Å²) in [7, 11) is 4.32. The summed E-state index contributed by atoms with van der Waals surface area (Å²) in [5, 5.41) is 0.983. The number of methoxy groups -OCH3 is 1. The van der Waals surface area contributed by atoms with E-state index < -0.39 is 18.1 Å². The SMILES string of the molecule is COc1ccc(C[C@H](OC(N)=O)C(=O)N(C)OC)cc1. The molecule has 2 N–H and O–H groups in total. The number of nitrogens with zero attached hydrogens (tertiary/aromatic N) is 1. The van der Waals surface area contributed by atoms with Crippen LogP contribution in [0.15, 0.2) is 24.3 Å². The van der Waals surface area contributed by atoms with Gasteiger partial charge >= 0.3 is 6.09 Å². The molecule has 110 valence electrons. The number of rotatable bonds is 6. The molecular weight excluding hydrogens is 264 g/mol. The maximum atomic E-state index is 12.0. The van der Waals surface area contributed by atoms with Crippen molar-refractivity contribution >= 4 is 12.0 Å². The largest absolute Gasteiger partial charge is 0.497 e. The predicted molar refractivity (Wildman–Crippen MR) is 70.9 cm³/mol. The van der Waals surface area contributed by atoms with Gasteiger partial charge < -0.3 is 15.2 Å². The number of likely N-dealkylation sites (N-methyl/N-ethyl adjacent to an activating group) is 1. The highest BCUT2D eigenvalue weighted by Crippen LogP contribution is 2.14. The van der Waals surface area contributed by atoms with Crippen LogP contribution in [0.25, 0.3) is 0 Å². The number of carbonyl (C=O) groups is 2. The van der Waals surface area contributed by atoms with Gasteiger partial charge in [0.15, 0.2) is 6.10 Å². The van der Waals surface area contributed by atoms with Crippen molar-refractivity contribution < 1.29 is 23.9 Å². The molecule has 2 amide bonds. The van der Waals surface area contributed by atoms with Crippen molar-refractivity contribution in [2.75, 3.05) is 21.3 Å². The monoisotopic (exact) mass is 282 g/mol. The smallest absolute Gasteiger partial charge is 0.405 e. The lowest BCUT2D eigenvalue weighted by atomic mass is 10.1. The number of hydrogen-bond acceptors (Lipinski definition) is 5. The van der Waals surface area contributed by atoms with Gasteiger partial charge in [-0.05, 0) is 17.7 Å². The first kappa shape index (κ1) is 15.8. The second kappa shape index (κ2) is 7.34. The lowest BCUT2D eigenvalue weighted by Crippen LogP contribution is -2.40. The van der Waals surface area contributed by atoms with Crippen LogP contribution in [-0.2, 0) is 20.8 Å². The Labute approximate surface area is 117 Å². The third-order valence-corrected chi connectivity index (χ3v) is 2.70. The van der Waals surface area contributed by atoms with E-state index in [1.165, 1.54) is 14.2 Å². The Bertz CT molecular complexity index is 460. The number of benzene rings is 1. The second-order valence-corrected chi connectivity index (χ2v) is 4.00. The highest BCUT2D eigenvalue weighted by molar-refractivity contribution is 5.82. The minimum atomic E-state index is -1.04. The Balaban J connectivity index is 2.82. The van der Waals surface area contributed by atoms with E-state index in [1.54, 1.807) is 31.4 Å². The summed E-state index contributed by atoms with van der Waals surface area (Å²) in [4.78, 5) is 27.6. The van der Waals surface area contributed by atoms with Crippen LogP contribution in [0.2, 0.25) is 0 Å². The van der Waals surface area contributed by atoms with Gasteiger partial charge in [-0.2, -0.15) is 0 Å². The molecule has 1 aromatic rings. The summed E-state index contributed by atoms with van der Waals surface area (Å²) in [6.45, 7) is 0. The zero-order valence-electron chi connectivity index (χ0n) is 11.7. The molecule has 0 aliphatic carbocycles. The minimum Gasteiger partial charge on any atom is -0.497 e. The Hall–Kier alpha value is -2.28. The van der Waals surface area contributed by atoms with Crippen molar-refractivity contribution in [3.63, 3.8) is 0 Å². The van der Waals surface area contributed by atoms with Gasteiger partial charge in [0.2, 0.25) is 0 Å². The first-order chi connectivity index (χ1) is 9.47. The van der Waals surface area contributed by atoms with Crippen LogP contribution < -0.4 is 10.5 Å². The lowest BCUT2D eigenvalue weighted by Gasteiger charge is -2.21. The third kappa shape index (κ3) is 4.43.